The summed E-state index contributed by atoms with van der Waals surface area (Å²) in [4.78, 5) is 28.2. The van der Waals surface area contributed by atoms with E-state index in [4.69, 9.17) is 18.9 Å². The molecule has 38 heavy (non-hydrogen) atoms. The molecule has 1 amide bonds. The maximum atomic E-state index is 13.3. The predicted octanol–water partition coefficient (Wildman–Crippen LogP) is 6.24. The molecule has 2 fully saturated rings. The number of ether oxygens (including phenoxy) is 4. The average Bonchev–Trinajstić information content (AvgIpc) is 3.25. The summed E-state index contributed by atoms with van der Waals surface area (Å²) in [6, 6.07) is 18.4. The van der Waals surface area contributed by atoms with E-state index in [1.165, 1.54) is 0 Å². The van der Waals surface area contributed by atoms with Crippen molar-refractivity contribution < 1.29 is 28.5 Å². The first-order valence-corrected chi connectivity index (χ1v) is 15.1. The van der Waals surface area contributed by atoms with E-state index in [0.717, 1.165) is 29.9 Å². The third kappa shape index (κ3) is 3.59. The summed E-state index contributed by atoms with van der Waals surface area (Å²) in [7, 11) is 5.30. The molecule has 3 aromatic rings. The summed E-state index contributed by atoms with van der Waals surface area (Å²) in [5.41, 5.74) is 1.47. The second-order valence-electron chi connectivity index (χ2n) is 9.84. The average molecular weight is 548 g/mol. The van der Waals surface area contributed by atoms with Crippen molar-refractivity contribution in [1.29, 1.82) is 0 Å². The number of esters is 1. The van der Waals surface area contributed by atoms with Crippen LogP contribution in [0.2, 0.25) is 0 Å². The molecular weight excluding hydrogens is 522 g/mol. The SMILES string of the molecule is COc1ccc2c(c1)Oc1cc(OC(=O)N3CCCC4CSSCC43)ccc1C21OC(=O)c2ccccc21. The van der Waals surface area contributed by atoms with Crippen molar-refractivity contribution in [2.24, 2.45) is 5.92 Å². The quantitative estimate of drug-likeness (QED) is 0.276. The zero-order valence-corrected chi connectivity index (χ0v) is 22.3. The van der Waals surface area contributed by atoms with Crippen molar-refractivity contribution in [3.63, 3.8) is 0 Å². The minimum atomic E-state index is -1.18. The molecule has 0 N–H and O–H groups in total. The van der Waals surface area contributed by atoms with Crippen molar-refractivity contribution in [3.8, 4) is 23.0 Å². The Balaban J connectivity index is 1.28. The summed E-state index contributed by atoms with van der Waals surface area (Å²) in [5, 5.41) is 0. The zero-order valence-electron chi connectivity index (χ0n) is 20.7. The lowest BCUT2D eigenvalue weighted by Gasteiger charge is -2.42. The fourth-order valence-corrected chi connectivity index (χ4v) is 8.89. The highest BCUT2D eigenvalue weighted by molar-refractivity contribution is 8.76. The monoisotopic (exact) mass is 547 g/mol. The number of likely N-dealkylation sites (tertiary alicyclic amines) is 1. The number of nitrogens with zero attached hydrogens (tertiary/aromatic N) is 1. The number of hydrogen-bond acceptors (Lipinski definition) is 8. The van der Waals surface area contributed by atoms with Gasteiger partial charge in [0, 0.05) is 52.9 Å². The molecule has 3 unspecified atom stereocenters. The Kier molecular flexibility index (Phi) is 5.74. The van der Waals surface area contributed by atoms with Gasteiger partial charge in [0.2, 0.25) is 0 Å². The molecule has 0 aliphatic carbocycles. The predicted molar refractivity (Wildman–Crippen MR) is 145 cm³/mol. The molecule has 7 rings (SSSR count). The van der Waals surface area contributed by atoms with Gasteiger partial charge in [-0.25, -0.2) is 9.59 Å². The molecule has 194 valence electrons. The largest absolute Gasteiger partial charge is 0.497 e. The first kappa shape index (κ1) is 23.8. The maximum absolute atomic E-state index is 13.3. The number of methoxy groups -OCH3 is 1. The van der Waals surface area contributed by atoms with Gasteiger partial charge in [-0.1, -0.05) is 39.8 Å². The lowest BCUT2D eigenvalue weighted by atomic mass is 9.77. The number of fused-ring (bicyclic) bond motifs is 7. The minimum Gasteiger partial charge on any atom is -0.497 e. The van der Waals surface area contributed by atoms with Crippen LogP contribution in [-0.2, 0) is 10.3 Å². The standard InChI is InChI=1S/C29H25NO6S2/c1-33-18-8-10-22-25(13-18)35-26-14-19(34-28(32)30-12-4-5-17-15-37-38-16-24(17)30)9-11-23(26)29(22)21-7-3-2-6-20(21)27(31)36-29/h2-3,6-11,13-14,17,24H,4-5,12,15-16H2,1H3. The van der Waals surface area contributed by atoms with Gasteiger partial charge in [0.1, 0.15) is 23.0 Å². The lowest BCUT2D eigenvalue weighted by molar-refractivity contribution is 0.0224. The number of benzene rings is 3. The summed E-state index contributed by atoms with van der Waals surface area (Å²) in [6.45, 7) is 0.704. The molecular formula is C29H25NO6S2. The summed E-state index contributed by atoms with van der Waals surface area (Å²) in [6.07, 6.45) is 1.80. The van der Waals surface area contributed by atoms with Crippen LogP contribution < -0.4 is 14.2 Å². The van der Waals surface area contributed by atoms with E-state index in [0.29, 0.717) is 52.2 Å². The highest BCUT2D eigenvalue weighted by Crippen LogP contribution is 2.57. The summed E-state index contributed by atoms with van der Waals surface area (Å²) < 4.78 is 23.8. The Labute approximate surface area is 228 Å². The first-order valence-electron chi connectivity index (χ1n) is 12.6. The Morgan fingerprint density at radius 1 is 0.974 bits per heavy atom. The van der Waals surface area contributed by atoms with Crippen LogP contribution in [0.1, 0.15) is 39.9 Å². The van der Waals surface area contributed by atoms with E-state index in [1.54, 1.807) is 31.4 Å². The number of amides is 1. The second kappa shape index (κ2) is 9.17. The fourth-order valence-electron chi connectivity index (χ4n) is 6.02. The molecule has 0 radical (unpaired) electrons. The molecule has 2 saturated heterocycles. The van der Waals surface area contributed by atoms with Crippen LogP contribution >= 0.6 is 21.6 Å². The zero-order chi connectivity index (χ0) is 25.9. The van der Waals surface area contributed by atoms with E-state index in [2.05, 4.69) is 0 Å². The number of carbonyl (C=O) groups is 2. The van der Waals surface area contributed by atoms with Crippen molar-refractivity contribution in [2.45, 2.75) is 24.5 Å². The topological polar surface area (TPSA) is 74.3 Å². The highest BCUT2D eigenvalue weighted by Gasteiger charge is 2.53. The molecule has 4 aliphatic heterocycles. The van der Waals surface area contributed by atoms with Crippen LogP contribution in [0.25, 0.3) is 0 Å². The van der Waals surface area contributed by atoms with E-state index >= 15 is 0 Å². The Morgan fingerprint density at radius 2 is 1.71 bits per heavy atom. The molecule has 0 aromatic heterocycles. The van der Waals surface area contributed by atoms with Crippen molar-refractivity contribution in [3.05, 3.63) is 82.9 Å². The van der Waals surface area contributed by atoms with Gasteiger partial charge < -0.3 is 23.8 Å². The van der Waals surface area contributed by atoms with Crippen LogP contribution in [0.15, 0.2) is 60.7 Å². The molecule has 4 aliphatic rings. The van der Waals surface area contributed by atoms with Gasteiger partial charge in [-0.3, -0.25) is 0 Å². The van der Waals surface area contributed by atoms with E-state index in [1.807, 2.05) is 62.9 Å². The third-order valence-electron chi connectivity index (χ3n) is 7.85. The van der Waals surface area contributed by atoms with Crippen LogP contribution in [0.4, 0.5) is 4.79 Å². The second-order valence-corrected chi connectivity index (χ2v) is 12.4. The minimum absolute atomic E-state index is 0.202. The van der Waals surface area contributed by atoms with Crippen molar-refractivity contribution >= 4 is 33.7 Å². The van der Waals surface area contributed by atoms with Crippen LogP contribution in [0.5, 0.6) is 23.0 Å². The van der Waals surface area contributed by atoms with E-state index in [-0.39, 0.29) is 12.1 Å². The molecule has 0 saturated carbocycles. The van der Waals surface area contributed by atoms with Gasteiger partial charge in [0.15, 0.2) is 5.60 Å². The molecule has 4 heterocycles. The Morgan fingerprint density at radius 3 is 2.53 bits per heavy atom. The molecule has 0 bridgehead atoms. The highest BCUT2D eigenvalue weighted by atomic mass is 33.1. The van der Waals surface area contributed by atoms with Gasteiger partial charge in [-0.05, 0) is 49.1 Å². The number of rotatable bonds is 2. The maximum Gasteiger partial charge on any atom is 0.415 e. The molecule has 3 aromatic carbocycles. The van der Waals surface area contributed by atoms with Crippen LogP contribution in [0.3, 0.4) is 0 Å². The van der Waals surface area contributed by atoms with E-state index < -0.39 is 11.6 Å². The summed E-state index contributed by atoms with van der Waals surface area (Å²) in [5.74, 6) is 4.08. The van der Waals surface area contributed by atoms with Gasteiger partial charge in [-0.2, -0.15) is 0 Å². The smallest absolute Gasteiger partial charge is 0.415 e. The Bertz CT molecular complexity index is 1460. The molecule has 7 nitrogen and oxygen atoms in total. The lowest BCUT2D eigenvalue weighted by Crippen LogP contribution is -2.52. The number of carbonyl (C=O) groups excluding carboxylic acids is 2. The van der Waals surface area contributed by atoms with Crippen LogP contribution in [0, 0.1) is 5.92 Å². The first-order chi connectivity index (χ1) is 18.6. The molecule has 1 spiro atoms. The number of hydrogen-bond donors (Lipinski definition) is 0. The molecule has 3 atom stereocenters. The van der Waals surface area contributed by atoms with E-state index in [9.17, 15) is 9.59 Å². The molecule has 9 heteroatoms. The van der Waals surface area contributed by atoms with Crippen LogP contribution in [-0.4, -0.2) is 48.2 Å². The van der Waals surface area contributed by atoms with Gasteiger partial charge in [-0.15, -0.1) is 0 Å². The Hall–Kier alpha value is -3.30. The van der Waals surface area contributed by atoms with Gasteiger partial charge >= 0.3 is 12.1 Å². The van der Waals surface area contributed by atoms with Crippen molar-refractivity contribution in [1.82, 2.24) is 4.90 Å². The van der Waals surface area contributed by atoms with Gasteiger partial charge in [0.05, 0.1) is 12.7 Å². The fraction of sp³-hybridized carbons (Fsp3) is 0.310. The number of piperidine rings is 1. The van der Waals surface area contributed by atoms with Crippen molar-refractivity contribution in [2.75, 3.05) is 25.2 Å². The summed E-state index contributed by atoms with van der Waals surface area (Å²) >= 11 is 0. The normalized spacial score (nSPS) is 24.9. The van der Waals surface area contributed by atoms with Gasteiger partial charge in [0.25, 0.3) is 0 Å². The third-order valence-corrected chi connectivity index (χ3v) is 10.4.